The van der Waals surface area contributed by atoms with Crippen LogP contribution in [-0.2, 0) is 11.3 Å². The van der Waals surface area contributed by atoms with Crippen LogP contribution in [0.25, 0.3) is 22.0 Å². The van der Waals surface area contributed by atoms with E-state index in [0.717, 1.165) is 58.1 Å². The molecule has 0 bridgehead atoms. The smallest absolute Gasteiger partial charge is 0.339 e. The third-order valence-corrected chi connectivity index (χ3v) is 8.67. The van der Waals surface area contributed by atoms with Crippen LogP contribution in [-0.4, -0.2) is 20.6 Å². The van der Waals surface area contributed by atoms with Gasteiger partial charge in [0.25, 0.3) is 5.91 Å². The molecule has 0 aliphatic carbocycles. The van der Waals surface area contributed by atoms with Crippen molar-refractivity contribution >= 4 is 45.4 Å². The third-order valence-electron chi connectivity index (χ3n) is 7.79. The number of alkyl halides is 1. The number of benzene rings is 4. The quantitative estimate of drug-likeness (QED) is 0.0858. The first-order chi connectivity index (χ1) is 20.9. The number of rotatable bonds is 11. The highest BCUT2D eigenvalue weighted by Crippen LogP contribution is 2.28. The molecule has 2 atom stereocenters. The van der Waals surface area contributed by atoms with E-state index in [2.05, 4.69) is 95.7 Å². The number of nitrogens with zero attached hydrogens (tertiary/aromatic N) is 1. The molecule has 0 spiro atoms. The lowest BCUT2D eigenvalue weighted by molar-refractivity contribution is 0.0472. The van der Waals surface area contributed by atoms with E-state index in [0.29, 0.717) is 17.7 Å². The van der Waals surface area contributed by atoms with Gasteiger partial charge in [-0.15, -0.1) is 0 Å². The molecule has 5 nitrogen and oxygen atoms in total. The summed E-state index contributed by atoms with van der Waals surface area (Å²) in [6.07, 6.45) is 2.61. The Kier molecular flexibility index (Phi) is 9.97. The Labute approximate surface area is 267 Å². The number of nitrogens with one attached hydrogen (secondary N) is 1. The molecule has 1 aromatic heterocycles. The normalized spacial score (nSPS) is 12.6. The van der Waals surface area contributed by atoms with Crippen LogP contribution in [0.3, 0.4) is 0 Å². The Bertz CT molecular complexity index is 1710. The van der Waals surface area contributed by atoms with Crippen molar-refractivity contribution < 1.29 is 14.3 Å². The van der Waals surface area contributed by atoms with Crippen LogP contribution in [0.4, 0.5) is 0 Å². The molecule has 0 saturated carbocycles. The average Bonchev–Trinajstić information content (AvgIpc) is 3.34. The summed E-state index contributed by atoms with van der Waals surface area (Å²) in [7, 11) is 0. The number of ether oxygens (including phenoxy) is 1. The molecular weight excluding hydrogens is 647 g/mol. The molecule has 6 heteroatoms. The number of halogens is 1. The van der Waals surface area contributed by atoms with Gasteiger partial charge in [0.15, 0.2) is 4.11 Å². The molecule has 0 aliphatic heterocycles. The first-order valence-corrected chi connectivity index (χ1v) is 16.1. The second-order valence-electron chi connectivity index (χ2n) is 10.8. The lowest BCUT2D eigenvalue weighted by atomic mass is 9.98. The van der Waals surface area contributed by atoms with Crippen molar-refractivity contribution in [3.8, 4) is 11.1 Å². The van der Waals surface area contributed by atoms with Crippen LogP contribution in [0.1, 0.15) is 76.7 Å². The maximum atomic E-state index is 13.2. The van der Waals surface area contributed by atoms with E-state index in [1.54, 1.807) is 0 Å². The summed E-state index contributed by atoms with van der Waals surface area (Å²) in [6, 6.07) is 34.1. The Morgan fingerprint density at radius 3 is 2.33 bits per heavy atom. The topological polar surface area (TPSA) is 60.3 Å². The minimum absolute atomic E-state index is 0.0272. The molecule has 0 saturated heterocycles. The summed E-state index contributed by atoms with van der Waals surface area (Å²) in [5.74, 6) is -0.359. The summed E-state index contributed by atoms with van der Waals surface area (Å²) < 4.78 is 7.80. The molecular formula is C37H37IN2O3. The zero-order chi connectivity index (χ0) is 30.3. The number of hydrogen-bond donors (Lipinski definition) is 1. The molecule has 1 amide bonds. The van der Waals surface area contributed by atoms with Gasteiger partial charge in [-0.3, -0.25) is 4.79 Å². The van der Waals surface area contributed by atoms with Gasteiger partial charge in [0, 0.05) is 28.7 Å². The predicted octanol–water partition coefficient (Wildman–Crippen LogP) is 9.26. The Morgan fingerprint density at radius 2 is 1.60 bits per heavy atom. The summed E-state index contributed by atoms with van der Waals surface area (Å²) in [5.41, 5.74) is 7.54. The van der Waals surface area contributed by atoms with E-state index in [1.165, 1.54) is 0 Å². The summed E-state index contributed by atoms with van der Waals surface area (Å²) in [4.78, 5) is 26.1. The van der Waals surface area contributed by atoms with Gasteiger partial charge >= 0.3 is 5.97 Å². The summed E-state index contributed by atoms with van der Waals surface area (Å²) in [6.45, 7) is 6.96. The molecule has 43 heavy (non-hydrogen) atoms. The fourth-order valence-electron chi connectivity index (χ4n) is 5.46. The van der Waals surface area contributed by atoms with E-state index >= 15 is 0 Å². The van der Waals surface area contributed by atoms with Gasteiger partial charge in [-0.05, 0) is 94.9 Å². The van der Waals surface area contributed by atoms with Crippen LogP contribution >= 0.6 is 22.6 Å². The maximum Gasteiger partial charge on any atom is 0.339 e. The highest BCUT2D eigenvalue weighted by Gasteiger charge is 2.18. The van der Waals surface area contributed by atoms with Crippen molar-refractivity contribution in [2.24, 2.45) is 0 Å². The molecule has 0 aliphatic rings. The molecule has 220 valence electrons. The van der Waals surface area contributed by atoms with E-state index in [1.807, 2.05) is 60.7 Å². The first kappa shape index (κ1) is 30.5. The van der Waals surface area contributed by atoms with E-state index in [-0.39, 0.29) is 22.0 Å². The Balaban J connectivity index is 1.32. The molecule has 5 rings (SSSR count). The van der Waals surface area contributed by atoms with Gasteiger partial charge < -0.3 is 14.6 Å². The van der Waals surface area contributed by atoms with Gasteiger partial charge in [-0.25, -0.2) is 4.79 Å². The van der Waals surface area contributed by atoms with Crippen molar-refractivity contribution in [1.29, 1.82) is 0 Å². The highest BCUT2D eigenvalue weighted by molar-refractivity contribution is 14.1. The van der Waals surface area contributed by atoms with E-state index in [9.17, 15) is 9.59 Å². The predicted molar refractivity (Wildman–Crippen MR) is 183 cm³/mol. The van der Waals surface area contributed by atoms with E-state index in [4.69, 9.17) is 4.74 Å². The largest absolute Gasteiger partial charge is 0.448 e. The average molecular weight is 685 g/mol. The lowest BCUT2D eigenvalue weighted by Crippen LogP contribution is -2.28. The SMILES string of the molecule is CCCC(I)OC(=O)c1ccccc1-c1ccc(Cn2c(C)cc3cc(C(=O)NC(CC)c4ccccc4)ccc32)cc1. The lowest BCUT2D eigenvalue weighted by Gasteiger charge is -2.17. The number of esters is 1. The van der Waals surface area contributed by atoms with Crippen LogP contribution in [0.2, 0.25) is 0 Å². The van der Waals surface area contributed by atoms with Crippen molar-refractivity contribution in [3.05, 3.63) is 131 Å². The van der Waals surface area contributed by atoms with Crippen LogP contribution in [0.15, 0.2) is 103 Å². The van der Waals surface area contributed by atoms with Crippen molar-refractivity contribution in [2.75, 3.05) is 0 Å². The number of carbonyl (C=O) groups excluding carboxylic acids is 2. The van der Waals surface area contributed by atoms with Crippen molar-refractivity contribution in [3.63, 3.8) is 0 Å². The van der Waals surface area contributed by atoms with Gasteiger partial charge in [-0.2, -0.15) is 0 Å². The van der Waals surface area contributed by atoms with Gasteiger partial charge in [0.05, 0.1) is 11.6 Å². The van der Waals surface area contributed by atoms with Crippen molar-refractivity contribution in [1.82, 2.24) is 9.88 Å². The molecule has 0 fully saturated rings. The minimum Gasteiger partial charge on any atom is -0.448 e. The number of aromatic nitrogens is 1. The second kappa shape index (κ2) is 14.0. The fraction of sp³-hybridized carbons (Fsp3) is 0.243. The molecule has 5 aromatic rings. The highest BCUT2D eigenvalue weighted by atomic mass is 127. The number of hydrogen-bond acceptors (Lipinski definition) is 3. The van der Waals surface area contributed by atoms with Gasteiger partial charge in [0.1, 0.15) is 0 Å². The minimum atomic E-state index is -0.291. The second-order valence-corrected chi connectivity index (χ2v) is 12.2. The number of amides is 1. The summed E-state index contributed by atoms with van der Waals surface area (Å²) >= 11 is 2.18. The van der Waals surface area contributed by atoms with Crippen LogP contribution in [0.5, 0.6) is 0 Å². The molecule has 0 radical (unpaired) electrons. The fourth-order valence-corrected chi connectivity index (χ4v) is 6.31. The number of aryl methyl sites for hydroxylation is 1. The number of fused-ring (bicyclic) bond motifs is 1. The van der Waals surface area contributed by atoms with Crippen molar-refractivity contribution in [2.45, 2.75) is 56.7 Å². The third kappa shape index (κ3) is 7.19. The molecule has 1 heterocycles. The Hall–Kier alpha value is -3.91. The van der Waals surface area contributed by atoms with E-state index < -0.39 is 0 Å². The standard InChI is InChI=1S/C37H37IN2O3/c1-4-11-35(38)43-37(42)32-15-10-9-14-31(32)27-18-16-26(17-19-27)24-40-25(3)22-30-23-29(20-21-34(30)40)36(41)39-33(5-2)28-12-7-6-8-13-28/h6-10,12-23,33,35H,4-5,11,24H2,1-3H3,(H,39,41). The van der Waals surface area contributed by atoms with Gasteiger partial charge in [-0.1, -0.05) is 93.1 Å². The first-order valence-electron chi connectivity index (χ1n) is 14.9. The van der Waals surface area contributed by atoms with Gasteiger partial charge in [0.2, 0.25) is 0 Å². The molecule has 1 N–H and O–H groups in total. The molecule has 2 unspecified atom stereocenters. The molecule has 4 aromatic carbocycles. The maximum absolute atomic E-state index is 13.2. The number of carbonyl (C=O) groups is 2. The zero-order valence-corrected chi connectivity index (χ0v) is 27.0. The van der Waals surface area contributed by atoms with Crippen LogP contribution < -0.4 is 5.32 Å². The monoisotopic (exact) mass is 684 g/mol. The summed E-state index contributed by atoms with van der Waals surface area (Å²) in [5, 5.41) is 4.23. The Morgan fingerprint density at radius 1 is 0.884 bits per heavy atom. The van der Waals surface area contributed by atoms with Crippen LogP contribution in [0, 0.1) is 6.92 Å². The zero-order valence-electron chi connectivity index (χ0n) is 24.8.